The molecule has 1 fully saturated rings. The number of carbonyl (C=O) groups excluding carboxylic acids is 1. The van der Waals surface area contributed by atoms with Gasteiger partial charge in [-0.2, -0.15) is 8.78 Å². The largest absolute Gasteiger partial charge is 0.434 e. The molecule has 1 unspecified atom stereocenters. The smallest absolute Gasteiger partial charge is 0.387 e. The lowest BCUT2D eigenvalue weighted by atomic mass is 10.1. The third-order valence-corrected chi connectivity index (χ3v) is 5.94. The van der Waals surface area contributed by atoms with E-state index in [1.807, 2.05) is 30.3 Å². The molecule has 0 bridgehead atoms. The highest BCUT2D eigenvalue weighted by molar-refractivity contribution is 7.85. The molecular weight excluding hydrogens is 386 g/mol. The summed E-state index contributed by atoms with van der Waals surface area (Å²) in [6.45, 7) is -0.0318. The van der Waals surface area contributed by atoms with Crippen LogP contribution in [0, 0.1) is 0 Å². The maximum absolute atomic E-state index is 12.7. The Morgan fingerprint density at radius 3 is 2.32 bits per heavy atom. The number of rotatable bonds is 7. The Balaban J connectivity index is 1.51. The molecule has 1 atom stereocenters. The van der Waals surface area contributed by atoms with Crippen LogP contribution in [0.15, 0.2) is 59.5 Å². The predicted octanol–water partition coefficient (Wildman–Crippen LogP) is 2.85. The topological polar surface area (TPSA) is 49.9 Å². The lowest BCUT2D eigenvalue weighted by Crippen LogP contribution is -2.49. The molecule has 1 saturated heterocycles. The minimum Gasteiger partial charge on any atom is -0.434 e. The average molecular weight is 408 g/mol. The van der Waals surface area contributed by atoms with E-state index in [9.17, 15) is 17.8 Å². The summed E-state index contributed by atoms with van der Waals surface area (Å²) in [4.78, 5) is 17.3. The van der Waals surface area contributed by atoms with Gasteiger partial charge in [0, 0.05) is 43.4 Å². The average Bonchev–Trinajstić information content (AvgIpc) is 2.72. The molecule has 1 amide bonds. The summed E-state index contributed by atoms with van der Waals surface area (Å²) < 4.78 is 41.9. The summed E-state index contributed by atoms with van der Waals surface area (Å²) in [7, 11) is -1.05. The van der Waals surface area contributed by atoms with E-state index in [2.05, 4.69) is 9.64 Å². The highest BCUT2D eigenvalue weighted by atomic mass is 32.2. The number of nitrogens with zero attached hydrogens (tertiary/aromatic N) is 2. The van der Waals surface area contributed by atoms with Gasteiger partial charge in [-0.25, -0.2) is 0 Å². The quantitative estimate of drug-likeness (QED) is 0.707. The molecule has 1 aliphatic heterocycles. The molecule has 1 aliphatic rings. The van der Waals surface area contributed by atoms with Crippen molar-refractivity contribution in [2.45, 2.75) is 11.5 Å². The van der Waals surface area contributed by atoms with Crippen LogP contribution in [0.2, 0.25) is 0 Å². The van der Waals surface area contributed by atoms with Crippen LogP contribution in [0.25, 0.3) is 0 Å². The first-order valence-corrected chi connectivity index (χ1v) is 10.4. The molecule has 8 heteroatoms. The molecule has 0 aliphatic carbocycles. The molecule has 2 aromatic carbocycles. The van der Waals surface area contributed by atoms with Gasteiger partial charge >= 0.3 is 6.61 Å². The van der Waals surface area contributed by atoms with E-state index in [0.717, 1.165) is 4.90 Å². The summed E-state index contributed by atoms with van der Waals surface area (Å²) in [6, 6.07) is 15.4. The van der Waals surface area contributed by atoms with Crippen molar-refractivity contribution in [3.05, 3.63) is 60.2 Å². The maximum Gasteiger partial charge on any atom is 0.387 e. The predicted molar refractivity (Wildman–Crippen MR) is 103 cm³/mol. The minimum absolute atomic E-state index is 0.108. The van der Waals surface area contributed by atoms with E-state index in [-0.39, 0.29) is 17.2 Å². The molecule has 0 radical (unpaired) electrons. The molecule has 150 valence electrons. The number of para-hydroxylation sites is 1. The van der Waals surface area contributed by atoms with Crippen molar-refractivity contribution >= 4 is 16.7 Å². The Labute approximate surface area is 165 Å². The second-order valence-electron chi connectivity index (χ2n) is 6.37. The number of ether oxygens (including phenoxy) is 1. The Morgan fingerprint density at radius 1 is 1.00 bits per heavy atom. The van der Waals surface area contributed by atoms with Gasteiger partial charge in [0.05, 0.1) is 16.4 Å². The highest BCUT2D eigenvalue weighted by Crippen LogP contribution is 2.22. The normalized spacial score (nSPS) is 16.2. The van der Waals surface area contributed by atoms with Crippen molar-refractivity contribution < 1.29 is 22.5 Å². The van der Waals surface area contributed by atoms with Crippen molar-refractivity contribution in [2.75, 3.05) is 38.5 Å². The molecule has 1 heterocycles. The molecule has 28 heavy (non-hydrogen) atoms. The molecule has 0 N–H and O–H groups in total. The van der Waals surface area contributed by atoms with Crippen molar-refractivity contribution in [1.82, 2.24) is 9.80 Å². The van der Waals surface area contributed by atoms with Gasteiger partial charge in [0.25, 0.3) is 5.91 Å². The van der Waals surface area contributed by atoms with E-state index in [0.29, 0.717) is 38.5 Å². The third-order valence-electron chi connectivity index (χ3n) is 4.59. The fourth-order valence-electron chi connectivity index (χ4n) is 3.09. The first-order chi connectivity index (χ1) is 13.5. The zero-order chi connectivity index (χ0) is 19.9. The van der Waals surface area contributed by atoms with Crippen LogP contribution in [0.4, 0.5) is 8.78 Å². The van der Waals surface area contributed by atoms with Crippen molar-refractivity contribution in [3.8, 4) is 5.75 Å². The van der Waals surface area contributed by atoms with Crippen molar-refractivity contribution in [3.63, 3.8) is 0 Å². The number of piperazine rings is 1. The second-order valence-corrected chi connectivity index (χ2v) is 7.94. The summed E-state index contributed by atoms with van der Waals surface area (Å²) in [6.07, 6.45) is 0. The second kappa shape index (κ2) is 9.75. The molecule has 5 nitrogen and oxygen atoms in total. The summed E-state index contributed by atoms with van der Waals surface area (Å²) in [5, 5.41) is 0. The maximum atomic E-state index is 12.7. The molecule has 0 saturated carbocycles. The van der Waals surface area contributed by atoms with Gasteiger partial charge in [-0.15, -0.1) is 0 Å². The van der Waals surface area contributed by atoms with Crippen LogP contribution in [0.1, 0.15) is 10.4 Å². The molecular formula is C20H22F2N2O3S. The van der Waals surface area contributed by atoms with Crippen LogP contribution in [-0.4, -0.2) is 65.0 Å². The van der Waals surface area contributed by atoms with E-state index in [1.54, 1.807) is 17.0 Å². The number of hydrogen-bond donors (Lipinski definition) is 0. The number of hydrogen-bond acceptors (Lipinski definition) is 4. The van der Waals surface area contributed by atoms with E-state index in [4.69, 9.17) is 0 Å². The lowest BCUT2D eigenvalue weighted by molar-refractivity contribution is -0.0503. The number of carbonyl (C=O) groups is 1. The first-order valence-electron chi connectivity index (χ1n) is 9.03. The zero-order valence-corrected chi connectivity index (χ0v) is 16.1. The fourth-order valence-corrected chi connectivity index (χ4v) is 4.21. The number of alkyl halides is 2. The van der Waals surface area contributed by atoms with Gasteiger partial charge in [-0.05, 0) is 24.3 Å². The third kappa shape index (κ3) is 5.36. The number of halogens is 2. The van der Waals surface area contributed by atoms with Crippen LogP contribution in [0.5, 0.6) is 5.75 Å². The monoisotopic (exact) mass is 408 g/mol. The van der Waals surface area contributed by atoms with Crippen LogP contribution >= 0.6 is 0 Å². The Morgan fingerprint density at radius 2 is 1.64 bits per heavy atom. The molecule has 0 spiro atoms. The summed E-state index contributed by atoms with van der Waals surface area (Å²) in [5.41, 5.74) is 0.140. The first kappa shape index (κ1) is 20.4. The summed E-state index contributed by atoms with van der Waals surface area (Å²) in [5.74, 6) is 0.107. The van der Waals surface area contributed by atoms with Gasteiger partial charge in [-0.1, -0.05) is 30.3 Å². The Kier molecular flexibility index (Phi) is 7.11. The van der Waals surface area contributed by atoms with Crippen LogP contribution in [-0.2, 0) is 10.8 Å². The minimum atomic E-state index is -2.98. The lowest BCUT2D eigenvalue weighted by Gasteiger charge is -2.34. The van der Waals surface area contributed by atoms with Gasteiger partial charge in [0.1, 0.15) is 5.75 Å². The SMILES string of the molecule is O=C(c1ccccc1OC(F)F)N1CCN(CCS(=O)c2ccccc2)CC1. The van der Waals surface area contributed by atoms with E-state index >= 15 is 0 Å². The Bertz CT molecular complexity index is 812. The zero-order valence-electron chi connectivity index (χ0n) is 15.3. The standard InChI is InChI=1S/C20H22F2N2O3S/c21-20(22)27-18-9-5-4-8-17(18)19(25)24-12-10-23(11-13-24)14-15-28(26)16-6-2-1-3-7-16/h1-9,20H,10-15H2. The van der Waals surface area contributed by atoms with Crippen molar-refractivity contribution in [1.29, 1.82) is 0 Å². The Hall–Kier alpha value is -2.32. The van der Waals surface area contributed by atoms with E-state index in [1.165, 1.54) is 12.1 Å². The molecule has 0 aromatic heterocycles. The van der Waals surface area contributed by atoms with Gasteiger partial charge in [0.2, 0.25) is 0 Å². The number of benzene rings is 2. The molecule has 3 rings (SSSR count). The molecule has 2 aromatic rings. The fraction of sp³-hybridized carbons (Fsp3) is 0.350. The summed E-state index contributed by atoms with van der Waals surface area (Å²) >= 11 is 0. The van der Waals surface area contributed by atoms with Crippen LogP contribution in [0.3, 0.4) is 0 Å². The van der Waals surface area contributed by atoms with Gasteiger partial charge in [0.15, 0.2) is 0 Å². The van der Waals surface area contributed by atoms with E-state index < -0.39 is 17.4 Å². The van der Waals surface area contributed by atoms with Crippen LogP contribution < -0.4 is 4.74 Å². The highest BCUT2D eigenvalue weighted by Gasteiger charge is 2.25. The van der Waals surface area contributed by atoms with Gasteiger partial charge in [-0.3, -0.25) is 13.9 Å². The van der Waals surface area contributed by atoms with Crippen molar-refractivity contribution in [2.24, 2.45) is 0 Å². The van der Waals surface area contributed by atoms with Gasteiger partial charge < -0.3 is 9.64 Å². The number of amides is 1.